The molecule has 0 fully saturated rings. The van der Waals surface area contributed by atoms with Gasteiger partial charge in [-0.1, -0.05) is 12.1 Å². The average Bonchev–Trinajstić information content (AvgIpc) is 2.41. The Morgan fingerprint density at radius 3 is 2.42 bits per heavy atom. The van der Waals surface area contributed by atoms with Crippen LogP contribution in [0.5, 0.6) is 0 Å². The van der Waals surface area contributed by atoms with Crippen molar-refractivity contribution >= 4 is 0 Å². The standard InChI is InChI=1S/C13H12F3N3/c1-7-2-4-9(12(16)11(7)15)13(19-17)10-5-3-8(14)6-18-10/h2-6,13,19H,17H2,1H3. The molecule has 0 aliphatic heterocycles. The van der Waals surface area contributed by atoms with E-state index in [1.54, 1.807) is 0 Å². The van der Waals surface area contributed by atoms with Gasteiger partial charge in [0, 0.05) is 5.56 Å². The van der Waals surface area contributed by atoms with Crippen LogP contribution in [0.4, 0.5) is 13.2 Å². The molecule has 0 aliphatic carbocycles. The lowest BCUT2D eigenvalue weighted by Crippen LogP contribution is -2.30. The normalized spacial score (nSPS) is 12.5. The highest BCUT2D eigenvalue weighted by Gasteiger charge is 2.21. The number of nitrogens with two attached hydrogens (primary N) is 1. The number of hydrogen-bond acceptors (Lipinski definition) is 3. The second-order valence-corrected chi connectivity index (χ2v) is 4.10. The molecule has 0 saturated heterocycles. The van der Waals surface area contributed by atoms with Gasteiger partial charge in [-0.25, -0.2) is 18.6 Å². The van der Waals surface area contributed by atoms with Crippen molar-refractivity contribution in [3.05, 3.63) is 64.7 Å². The predicted molar refractivity (Wildman–Crippen MR) is 64.5 cm³/mol. The van der Waals surface area contributed by atoms with Crippen molar-refractivity contribution in [2.45, 2.75) is 13.0 Å². The molecule has 2 aromatic rings. The van der Waals surface area contributed by atoms with Crippen molar-refractivity contribution in [1.29, 1.82) is 0 Å². The summed E-state index contributed by atoms with van der Waals surface area (Å²) >= 11 is 0. The van der Waals surface area contributed by atoms with Gasteiger partial charge in [0.25, 0.3) is 0 Å². The van der Waals surface area contributed by atoms with E-state index in [0.29, 0.717) is 5.69 Å². The molecule has 1 aromatic heterocycles. The number of nitrogens with one attached hydrogen (secondary N) is 1. The third-order valence-corrected chi connectivity index (χ3v) is 2.83. The van der Waals surface area contributed by atoms with Crippen LogP contribution in [0.2, 0.25) is 0 Å². The highest BCUT2D eigenvalue weighted by Crippen LogP contribution is 2.25. The largest absolute Gasteiger partial charge is 0.271 e. The van der Waals surface area contributed by atoms with Gasteiger partial charge in [0.15, 0.2) is 11.6 Å². The maximum absolute atomic E-state index is 13.9. The molecule has 6 heteroatoms. The van der Waals surface area contributed by atoms with Crippen molar-refractivity contribution in [1.82, 2.24) is 10.4 Å². The summed E-state index contributed by atoms with van der Waals surface area (Å²) in [7, 11) is 0. The minimum Gasteiger partial charge on any atom is -0.271 e. The summed E-state index contributed by atoms with van der Waals surface area (Å²) in [5.74, 6) is 2.92. The quantitative estimate of drug-likeness (QED) is 0.663. The van der Waals surface area contributed by atoms with Gasteiger partial charge < -0.3 is 0 Å². The van der Waals surface area contributed by atoms with Gasteiger partial charge in [-0.2, -0.15) is 0 Å². The van der Waals surface area contributed by atoms with Gasteiger partial charge >= 0.3 is 0 Å². The Hall–Kier alpha value is -1.92. The molecular weight excluding hydrogens is 255 g/mol. The van der Waals surface area contributed by atoms with Gasteiger partial charge in [0.2, 0.25) is 0 Å². The Morgan fingerprint density at radius 2 is 1.84 bits per heavy atom. The summed E-state index contributed by atoms with van der Waals surface area (Å²) in [6.07, 6.45) is 0.988. The SMILES string of the molecule is Cc1ccc(C(NN)c2ccc(F)cn2)c(F)c1F. The number of benzene rings is 1. The van der Waals surface area contributed by atoms with Crippen LogP contribution < -0.4 is 11.3 Å². The fourth-order valence-corrected chi connectivity index (χ4v) is 1.78. The van der Waals surface area contributed by atoms with Gasteiger partial charge in [-0.05, 0) is 24.6 Å². The van der Waals surface area contributed by atoms with Crippen LogP contribution in [0.3, 0.4) is 0 Å². The van der Waals surface area contributed by atoms with Gasteiger partial charge in [0.05, 0.1) is 17.9 Å². The van der Waals surface area contributed by atoms with E-state index in [1.807, 2.05) is 0 Å². The first kappa shape index (κ1) is 13.5. The first-order chi connectivity index (χ1) is 9.04. The van der Waals surface area contributed by atoms with Crippen molar-refractivity contribution < 1.29 is 13.2 Å². The monoisotopic (exact) mass is 267 g/mol. The maximum Gasteiger partial charge on any atom is 0.164 e. The molecule has 19 heavy (non-hydrogen) atoms. The summed E-state index contributed by atoms with van der Waals surface area (Å²) in [6, 6.07) is 4.55. The summed E-state index contributed by atoms with van der Waals surface area (Å²) in [6.45, 7) is 1.46. The zero-order chi connectivity index (χ0) is 14.0. The molecule has 1 heterocycles. The Morgan fingerprint density at radius 1 is 1.11 bits per heavy atom. The third kappa shape index (κ3) is 2.59. The van der Waals surface area contributed by atoms with Crippen molar-refractivity contribution in [2.75, 3.05) is 0 Å². The second kappa shape index (κ2) is 5.38. The smallest absolute Gasteiger partial charge is 0.164 e. The Balaban J connectivity index is 2.48. The lowest BCUT2D eigenvalue weighted by atomic mass is 10.0. The summed E-state index contributed by atoms with van der Waals surface area (Å²) < 4.78 is 40.2. The number of aryl methyl sites for hydroxylation is 1. The molecule has 3 nitrogen and oxygen atoms in total. The topological polar surface area (TPSA) is 50.9 Å². The molecule has 1 aromatic carbocycles. The van der Waals surface area contributed by atoms with Gasteiger partial charge in [0.1, 0.15) is 5.82 Å². The van der Waals surface area contributed by atoms with E-state index in [0.717, 1.165) is 6.20 Å². The van der Waals surface area contributed by atoms with Crippen LogP contribution in [0, 0.1) is 24.4 Å². The van der Waals surface area contributed by atoms with E-state index >= 15 is 0 Å². The van der Waals surface area contributed by atoms with E-state index in [9.17, 15) is 13.2 Å². The molecule has 0 aliphatic rings. The minimum atomic E-state index is -0.992. The lowest BCUT2D eigenvalue weighted by Gasteiger charge is -2.17. The molecule has 100 valence electrons. The molecule has 2 rings (SSSR count). The number of pyridine rings is 1. The number of hydrogen-bond donors (Lipinski definition) is 2. The predicted octanol–water partition coefficient (Wildman–Crippen LogP) is 2.36. The lowest BCUT2D eigenvalue weighted by molar-refractivity contribution is 0.476. The Labute approximate surface area is 108 Å². The highest BCUT2D eigenvalue weighted by atomic mass is 19.2. The third-order valence-electron chi connectivity index (χ3n) is 2.83. The number of halogens is 3. The summed E-state index contributed by atoms with van der Waals surface area (Å²) in [5.41, 5.74) is 2.86. The molecule has 0 spiro atoms. The molecule has 0 saturated carbocycles. The fourth-order valence-electron chi connectivity index (χ4n) is 1.78. The van der Waals surface area contributed by atoms with Gasteiger partial charge in [-0.15, -0.1) is 0 Å². The highest BCUT2D eigenvalue weighted by molar-refractivity contribution is 5.32. The number of nitrogens with zero attached hydrogens (tertiary/aromatic N) is 1. The van der Waals surface area contributed by atoms with Crippen molar-refractivity contribution in [2.24, 2.45) is 5.84 Å². The zero-order valence-corrected chi connectivity index (χ0v) is 10.1. The van der Waals surface area contributed by atoms with E-state index in [4.69, 9.17) is 5.84 Å². The molecule has 0 bridgehead atoms. The van der Waals surface area contributed by atoms with Crippen LogP contribution in [0.15, 0.2) is 30.5 Å². The van der Waals surface area contributed by atoms with Crippen molar-refractivity contribution in [3.63, 3.8) is 0 Å². The average molecular weight is 267 g/mol. The number of hydrazine groups is 1. The van der Waals surface area contributed by atoms with Crippen LogP contribution in [-0.2, 0) is 0 Å². The fraction of sp³-hybridized carbons (Fsp3) is 0.154. The van der Waals surface area contributed by atoms with E-state index in [2.05, 4.69) is 10.4 Å². The summed E-state index contributed by atoms with van der Waals surface area (Å²) in [4.78, 5) is 3.81. The second-order valence-electron chi connectivity index (χ2n) is 4.10. The van der Waals surface area contributed by atoms with Crippen LogP contribution >= 0.6 is 0 Å². The van der Waals surface area contributed by atoms with Gasteiger partial charge in [-0.3, -0.25) is 10.8 Å². The van der Waals surface area contributed by atoms with E-state index in [-0.39, 0.29) is 11.1 Å². The Bertz CT molecular complexity index is 584. The van der Waals surface area contributed by atoms with E-state index < -0.39 is 23.5 Å². The van der Waals surface area contributed by atoms with Crippen LogP contribution in [0.1, 0.15) is 22.9 Å². The minimum absolute atomic E-state index is 0.0182. The van der Waals surface area contributed by atoms with Crippen molar-refractivity contribution in [3.8, 4) is 0 Å². The zero-order valence-electron chi connectivity index (χ0n) is 10.1. The number of rotatable bonds is 3. The maximum atomic E-state index is 13.9. The van der Waals surface area contributed by atoms with Crippen LogP contribution in [-0.4, -0.2) is 4.98 Å². The first-order valence-corrected chi connectivity index (χ1v) is 5.56. The molecule has 1 unspecified atom stereocenters. The number of aromatic nitrogens is 1. The molecule has 1 atom stereocenters. The van der Waals surface area contributed by atoms with Crippen LogP contribution in [0.25, 0.3) is 0 Å². The van der Waals surface area contributed by atoms with E-state index in [1.165, 1.54) is 31.2 Å². The molecule has 3 N–H and O–H groups in total. The molecular formula is C13H12F3N3. The first-order valence-electron chi connectivity index (χ1n) is 5.56. The summed E-state index contributed by atoms with van der Waals surface area (Å²) in [5, 5.41) is 0. The molecule has 0 radical (unpaired) electrons. The Kier molecular flexibility index (Phi) is 3.82. The molecule has 0 amide bonds.